The Bertz CT molecular complexity index is 1200. The van der Waals surface area contributed by atoms with Crippen LogP contribution >= 0.6 is 0 Å². The van der Waals surface area contributed by atoms with Gasteiger partial charge in [-0.25, -0.2) is 8.42 Å². The first-order valence-corrected chi connectivity index (χ1v) is 11.7. The van der Waals surface area contributed by atoms with Crippen LogP contribution in [0.5, 0.6) is 11.5 Å². The lowest BCUT2D eigenvalue weighted by Gasteiger charge is -2.28. The maximum absolute atomic E-state index is 13.4. The number of hydrogen-bond donors (Lipinski definition) is 1. The van der Waals surface area contributed by atoms with E-state index in [1.165, 1.54) is 12.1 Å². The van der Waals surface area contributed by atoms with Gasteiger partial charge in [0.1, 0.15) is 19.3 Å². The SMILES string of the molecule is Cc1ccccc1N(CC(=O)NCC1COc2ccccc2O1)S(=O)(=O)c1ccccc1. The fourth-order valence-corrected chi connectivity index (χ4v) is 4.95. The molecule has 0 saturated heterocycles. The minimum Gasteiger partial charge on any atom is -0.486 e. The number of hydrogen-bond acceptors (Lipinski definition) is 5. The second kappa shape index (κ2) is 9.32. The molecule has 0 saturated carbocycles. The van der Waals surface area contributed by atoms with E-state index in [9.17, 15) is 13.2 Å². The van der Waals surface area contributed by atoms with Crippen LogP contribution in [0, 0.1) is 6.92 Å². The number of anilines is 1. The van der Waals surface area contributed by atoms with E-state index >= 15 is 0 Å². The molecule has 3 aromatic carbocycles. The third-order valence-electron chi connectivity index (χ3n) is 5.10. The quantitative estimate of drug-likeness (QED) is 0.595. The van der Waals surface area contributed by atoms with Gasteiger partial charge in [0, 0.05) is 0 Å². The normalized spacial score (nSPS) is 15.1. The lowest BCUT2D eigenvalue weighted by Crippen LogP contribution is -2.45. The third kappa shape index (κ3) is 4.70. The first-order valence-electron chi connectivity index (χ1n) is 10.2. The van der Waals surface area contributed by atoms with Gasteiger partial charge in [0.15, 0.2) is 11.5 Å². The molecule has 1 heterocycles. The van der Waals surface area contributed by atoms with Crippen LogP contribution in [0.1, 0.15) is 5.56 Å². The number of rotatable bonds is 7. The summed E-state index contributed by atoms with van der Waals surface area (Å²) >= 11 is 0. The molecule has 0 bridgehead atoms. The van der Waals surface area contributed by atoms with Crippen LogP contribution in [0.4, 0.5) is 5.69 Å². The molecule has 3 aromatic rings. The number of nitrogens with one attached hydrogen (secondary N) is 1. The number of aryl methyl sites for hydroxylation is 1. The molecule has 1 N–H and O–H groups in total. The molecule has 4 rings (SSSR count). The molecular formula is C24H24N2O5S. The van der Waals surface area contributed by atoms with Crippen molar-refractivity contribution in [1.29, 1.82) is 0 Å². The van der Waals surface area contributed by atoms with Gasteiger partial charge in [0.2, 0.25) is 5.91 Å². The summed E-state index contributed by atoms with van der Waals surface area (Å²) in [4.78, 5) is 12.9. The molecule has 0 fully saturated rings. The third-order valence-corrected chi connectivity index (χ3v) is 6.87. The van der Waals surface area contributed by atoms with Gasteiger partial charge < -0.3 is 14.8 Å². The molecule has 166 valence electrons. The second-order valence-electron chi connectivity index (χ2n) is 7.41. The minimum atomic E-state index is -3.94. The summed E-state index contributed by atoms with van der Waals surface area (Å²) in [5, 5.41) is 2.78. The maximum Gasteiger partial charge on any atom is 0.264 e. The van der Waals surface area contributed by atoms with E-state index < -0.39 is 15.9 Å². The molecular weight excluding hydrogens is 428 g/mol. The molecule has 1 unspecified atom stereocenters. The fraction of sp³-hybridized carbons (Fsp3) is 0.208. The van der Waals surface area contributed by atoms with Crippen LogP contribution in [0.3, 0.4) is 0 Å². The number of amides is 1. The summed E-state index contributed by atoms with van der Waals surface area (Å²) in [6.45, 7) is 1.94. The minimum absolute atomic E-state index is 0.122. The van der Waals surface area contributed by atoms with Crippen LogP contribution in [-0.4, -0.2) is 40.1 Å². The molecule has 0 aliphatic carbocycles. The van der Waals surface area contributed by atoms with Crippen molar-refractivity contribution >= 4 is 21.6 Å². The molecule has 0 aromatic heterocycles. The molecule has 8 heteroatoms. The molecule has 7 nitrogen and oxygen atoms in total. The van der Waals surface area contributed by atoms with Crippen molar-refractivity contribution in [2.75, 3.05) is 24.0 Å². The first kappa shape index (κ1) is 21.7. The number of carbonyl (C=O) groups excluding carboxylic acids is 1. The van der Waals surface area contributed by atoms with Gasteiger partial charge in [-0.15, -0.1) is 0 Å². The lowest BCUT2D eigenvalue weighted by molar-refractivity contribution is -0.120. The number of carbonyl (C=O) groups is 1. The van der Waals surface area contributed by atoms with E-state index in [-0.39, 0.29) is 24.1 Å². The highest BCUT2D eigenvalue weighted by atomic mass is 32.2. The van der Waals surface area contributed by atoms with E-state index in [4.69, 9.17) is 9.47 Å². The number of ether oxygens (including phenoxy) is 2. The Balaban J connectivity index is 1.49. The zero-order valence-electron chi connectivity index (χ0n) is 17.6. The zero-order chi connectivity index (χ0) is 22.6. The Labute approximate surface area is 187 Å². The van der Waals surface area contributed by atoms with Gasteiger partial charge in [-0.2, -0.15) is 0 Å². The van der Waals surface area contributed by atoms with Gasteiger partial charge in [-0.1, -0.05) is 48.5 Å². The summed E-state index contributed by atoms with van der Waals surface area (Å²) in [6, 6.07) is 22.5. The average molecular weight is 453 g/mol. The predicted molar refractivity (Wildman–Crippen MR) is 122 cm³/mol. The molecule has 1 amide bonds. The Hall–Kier alpha value is -3.52. The summed E-state index contributed by atoms with van der Waals surface area (Å²) < 4.78 is 39.4. The molecule has 1 aliphatic rings. The van der Waals surface area contributed by atoms with E-state index in [1.807, 2.05) is 37.3 Å². The van der Waals surface area contributed by atoms with Gasteiger partial charge in [-0.05, 0) is 42.8 Å². The second-order valence-corrected chi connectivity index (χ2v) is 9.28. The van der Waals surface area contributed by atoms with Gasteiger partial charge in [-0.3, -0.25) is 9.10 Å². The van der Waals surface area contributed by atoms with Gasteiger partial charge in [0.05, 0.1) is 17.1 Å². The molecule has 1 aliphatic heterocycles. The highest BCUT2D eigenvalue weighted by Gasteiger charge is 2.28. The summed E-state index contributed by atoms with van der Waals surface area (Å²) in [5.41, 5.74) is 1.21. The number of para-hydroxylation sites is 3. The number of nitrogens with zero attached hydrogens (tertiary/aromatic N) is 1. The van der Waals surface area contributed by atoms with E-state index in [0.717, 1.165) is 9.87 Å². The monoisotopic (exact) mass is 452 g/mol. The van der Waals surface area contributed by atoms with Crippen LogP contribution in [-0.2, 0) is 14.8 Å². The molecule has 0 spiro atoms. The topological polar surface area (TPSA) is 84.9 Å². The van der Waals surface area contributed by atoms with E-state index in [2.05, 4.69) is 5.32 Å². The molecule has 0 radical (unpaired) electrons. The van der Waals surface area contributed by atoms with Crippen molar-refractivity contribution in [3.63, 3.8) is 0 Å². The van der Waals surface area contributed by atoms with E-state index in [0.29, 0.717) is 23.8 Å². The smallest absolute Gasteiger partial charge is 0.264 e. The van der Waals surface area contributed by atoms with E-state index in [1.54, 1.807) is 36.4 Å². The van der Waals surface area contributed by atoms with Crippen LogP contribution in [0.25, 0.3) is 0 Å². The van der Waals surface area contributed by atoms with Gasteiger partial charge in [0.25, 0.3) is 10.0 Å². The van der Waals surface area contributed by atoms with Gasteiger partial charge >= 0.3 is 0 Å². The number of sulfonamides is 1. The number of fused-ring (bicyclic) bond motifs is 1. The predicted octanol–water partition coefficient (Wildman–Crippen LogP) is 3.15. The van der Waals surface area contributed by atoms with Crippen molar-refractivity contribution in [2.45, 2.75) is 17.9 Å². The van der Waals surface area contributed by atoms with Crippen molar-refractivity contribution in [3.8, 4) is 11.5 Å². The van der Waals surface area contributed by atoms with Crippen molar-refractivity contribution in [1.82, 2.24) is 5.32 Å². The lowest BCUT2D eigenvalue weighted by atomic mass is 10.2. The van der Waals surface area contributed by atoms with Crippen molar-refractivity contribution < 1.29 is 22.7 Å². The standard InChI is InChI=1S/C24H24N2O5S/c1-18-9-5-6-12-21(18)26(32(28,29)20-10-3-2-4-11-20)16-24(27)25-15-19-17-30-22-13-7-8-14-23(22)31-19/h2-14,19H,15-17H2,1H3,(H,25,27). The van der Waals surface area contributed by atoms with Crippen molar-refractivity contribution in [2.24, 2.45) is 0 Å². The Morgan fingerprint density at radius 2 is 1.62 bits per heavy atom. The molecule has 32 heavy (non-hydrogen) atoms. The highest BCUT2D eigenvalue weighted by Crippen LogP contribution is 2.31. The van der Waals surface area contributed by atoms with Crippen LogP contribution in [0.2, 0.25) is 0 Å². The summed E-state index contributed by atoms with van der Waals surface area (Å²) in [7, 11) is -3.94. The summed E-state index contributed by atoms with van der Waals surface area (Å²) in [6.07, 6.45) is -0.369. The zero-order valence-corrected chi connectivity index (χ0v) is 18.4. The Morgan fingerprint density at radius 3 is 2.38 bits per heavy atom. The first-order chi connectivity index (χ1) is 15.4. The maximum atomic E-state index is 13.4. The van der Waals surface area contributed by atoms with Crippen molar-refractivity contribution in [3.05, 3.63) is 84.4 Å². The Morgan fingerprint density at radius 1 is 0.969 bits per heavy atom. The van der Waals surface area contributed by atoms with Crippen LogP contribution in [0.15, 0.2) is 83.8 Å². The van der Waals surface area contributed by atoms with Crippen LogP contribution < -0.4 is 19.1 Å². The highest BCUT2D eigenvalue weighted by molar-refractivity contribution is 7.92. The fourth-order valence-electron chi connectivity index (χ4n) is 3.44. The number of benzene rings is 3. The summed E-state index contributed by atoms with van der Waals surface area (Å²) in [5.74, 6) is 0.844. The Kier molecular flexibility index (Phi) is 6.32. The largest absolute Gasteiger partial charge is 0.486 e. The molecule has 1 atom stereocenters. The average Bonchev–Trinajstić information content (AvgIpc) is 2.82.